The summed E-state index contributed by atoms with van der Waals surface area (Å²) >= 11 is 2.93. The van der Waals surface area contributed by atoms with E-state index in [2.05, 4.69) is 22.1 Å². The van der Waals surface area contributed by atoms with Gasteiger partial charge < -0.3 is 5.32 Å². The largest absolute Gasteiger partial charge is 0.330 e. The Bertz CT molecular complexity index is 830. The van der Waals surface area contributed by atoms with Gasteiger partial charge in [0.05, 0.1) is 0 Å². The molecular formula is C17H13F2N3S2. The molecule has 0 saturated carbocycles. The van der Waals surface area contributed by atoms with Crippen LogP contribution in [0.3, 0.4) is 0 Å². The number of hydrogen-bond acceptors (Lipinski definition) is 5. The van der Waals surface area contributed by atoms with E-state index in [9.17, 15) is 8.78 Å². The third kappa shape index (κ3) is 4.39. The molecule has 3 aromatic rings. The zero-order valence-corrected chi connectivity index (χ0v) is 14.1. The lowest BCUT2D eigenvalue weighted by molar-refractivity contribution is 0.627. The summed E-state index contributed by atoms with van der Waals surface area (Å²) in [6.45, 7) is 3.92. The SMILES string of the molecule is C=C(Nc1nnc(SCc2ccc(F)cc2)s1)c1ccc(F)cc1. The van der Waals surface area contributed by atoms with E-state index in [1.807, 2.05) is 0 Å². The van der Waals surface area contributed by atoms with E-state index in [1.165, 1.54) is 47.4 Å². The van der Waals surface area contributed by atoms with E-state index < -0.39 is 0 Å². The highest BCUT2D eigenvalue weighted by Gasteiger charge is 2.07. The van der Waals surface area contributed by atoms with Crippen molar-refractivity contribution in [3.63, 3.8) is 0 Å². The van der Waals surface area contributed by atoms with Crippen LogP contribution in [-0.4, -0.2) is 10.2 Å². The average Bonchev–Trinajstić information content (AvgIpc) is 3.02. The van der Waals surface area contributed by atoms with Crippen LogP contribution in [0, 0.1) is 11.6 Å². The molecule has 0 amide bonds. The first-order valence-electron chi connectivity index (χ1n) is 7.03. The number of rotatable bonds is 6. The molecule has 1 N–H and O–H groups in total. The van der Waals surface area contributed by atoms with Crippen LogP contribution in [0.25, 0.3) is 5.70 Å². The van der Waals surface area contributed by atoms with Crippen molar-refractivity contribution >= 4 is 33.9 Å². The van der Waals surface area contributed by atoms with E-state index >= 15 is 0 Å². The van der Waals surface area contributed by atoms with Crippen LogP contribution in [0.1, 0.15) is 11.1 Å². The lowest BCUT2D eigenvalue weighted by atomic mass is 10.2. The second kappa shape index (κ2) is 7.55. The lowest BCUT2D eigenvalue weighted by Gasteiger charge is -2.05. The Kier molecular flexibility index (Phi) is 5.22. The molecule has 3 rings (SSSR count). The quantitative estimate of drug-likeness (QED) is 0.613. The van der Waals surface area contributed by atoms with E-state index in [0.29, 0.717) is 16.6 Å². The fourth-order valence-electron chi connectivity index (χ4n) is 1.90. The molecule has 0 aliphatic carbocycles. The molecule has 0 fully saturated rings. The summed E-state index contributed by atoms with van der Waals surface area (Å²) in [5, 5.41) is 11.9. The zero-order valence-electron chi connectivity index (χ0n) is 12.5. The van der Waals surface area contributed by atoms with Gasteiger partial charge in [-0.1, -0.05) is 53.9 Å². The Labute approximate surface area is 146 Å². The highest BCUT2D eigenvalue weighted by Crippen LogP contribution is 2.29. The molecule has 0 radical (unpaired) electrons. The van der Waals surface area contributed by atoms with Crippen LogP contribution >= 0.6 is 23.1 Å². The Morgan fingerprint density at radius 3 is 2.29 bits per heavy atom. The van der Waals surface area contributed by atoms with Gasteiger partial charge in [-0.25, -0.2) is 8.78 Å². The summed E-state index contributed by atoms with van der Waals surface area (Å²) in [7, 11) is 0. The minimum absolute atomic E-state index is 0.245. The van der Waals surface area contributed by atoms with E-state index in [4.69, 9.17) is 0 Å². The minimum atomic E-state index is -0.290. The smallest absolute Gasteiger partial charge is 0.210 e. The second-order valence-corrected chi connectivity index (χ2v) is 7.10. The first-order valence-corrected chi connectivity index (χ1v) is 8.83. The molecule has 0 aliphatic heterocycles. The molecule has 3 nitrogen and oxygen atoms in total. The van der Waals surface area contributed by atoms with Crippen molar-refractivity contribution in [3.8, 4) is 0 Å². The maximum atomic E-state index is 12.9. The number of thioether (sulfide) groups is 1. The summed E-state index contributed by atoms with van der Waals surface area (Å²) in [6, 6.07) is 12.4. The van der Waals surface area contributed by atoms with E-state index in [0.717, 1.165) is 15.5 Å². The topological polar surface area (TPSA) is 37.8 Å². The molecule has 1 heterocycles. The van der Waals surface area contributed by atoms with Crippen molar-refractivity contribution in [2.45, 2.75) is 10.1 Å². The Hall–Kier alpha value is -2.25. The number of halogens is 2. The van der Waals surface area contributed by atoms with Gasteiger partial charge in [0.2, 0.25) is 5.13 Å². The molecule has 0 unspecified atom stereocenters. The standard InChI is InChI=1S/C17H13F2N3S2/c1-11(13-4-8-15(19)9-5-13)20-16-21-22-17(24-16)23-10-12-2-6-14(18)7-3-12/h2-9H,1,10H2,(H,20,21). The fraction of sp³-hybridized carbons (Fsp3) is 0.0588. The first kappa shape index (κ1) is 16.6. The number of anilines is 1. The number of nitrogens with one attached hydrogen (secondary N) is 1. The van der Waals surface area contributed by atoms with Crippen LogP contribution in [0.4, 0.5) is 13.9 Å². The monoisotopic (exact) mass is 361 g/mol. The molecule has 0 bridgehead atoms. The van der Waals surface area contributed by atoms with Crippen molar-refractivity contribution in [2.75, 3.05) is 5.32 Å². The lowest BCUT2D eigenvalue weighted by Crippen LogP contribution is -1.96. The molecule has 24 heavy (non-hydrogen) atoms. The van der Waals surface area contributed by atoms with Crippen LogP contribution in [0.2, 0.25) is 0 Å². The second-order valence-electron chi connectivity index (χ2n) is 4.90. The molecule has 7 heteroatoms. The van der Waals surface area contributed by atoms with Gasteiger partial charge >= 0.3 is 0 Å². The van der Waals surface area contributed by atoms with Crippen LogP contribution in [0.5, 0.6) is 0 Å². The normalized spacial score (nSPS) is 10.6. The van der Waals surface area contributed by atoms with Gasteiger partial charge in [0.25, 0.3) is 0 Å². The summed E-state index contributed by atoms with van der Waals surface area (Å²) in [6.07, 6.45) is 0. The predicted molar refractivity (Wildman–Crippen MR) is 94.9 cm³/mol. The maximum absolute atomic E-state index is 12.9. The molecule has 122 valence electrons. The fourth-order valence-corrected chi connectivity index (χ4v) is 3.63. The number of hydrogen-bond donors (Lipinski definition) is 1. The summed E-state index contributed by atoms with van der Waals surface area (Å²) < 4.78 is 26.6. The zero-order chi connectivity index (χ0) is 16.9. The maximum Gasteiger partial charge on any atom is 0.210 e. The number of aromatic nitrogens is 2. The highest BCUT2D eigenvalue weighted by molar-refractivity contribution is 8.00. The molecule has 0 spiro atoms. The van der Waals surface area contributed by atoms with Gasteiger partial charge in [0, 0.05) is 11.4 Å². The van der Waals surface area contributed by atoms with E-state index in [-0.39, 0.29) is 11.6 Å². The van der Waals surface area contributed by atoms with Crippen molar-refractivity contribution < 1.29 is 8.78 Å². The third-order valence-corrected chi connectivity index (χ3v) is 5.18. The van der Waals surface area contributed by atoms with Crippen molar-refractivity contribution in [3.05, 3.63) is 77.9 Å². The molecule has 0 atom stereocenters. The number of nitrogens with zero attached hydrogens (tertiary/aromatic N) is 2. The van der Waals surface area contributed by atoms with Gasteiger partial charge in [-0.3, -0.25) is 0 Å². The van der Waals surface area contributed by atoms with Gasteiger partial charge in [-0.05, 0) is 35.4 Å². The van der Waals surface area contributed by atoms with Crippen LogP contribution in [0.15, 0.2) is 59.4 Å². The Morgan fingerprint density at radius 2 is 1.62 bits per heavy atom. The van der Waals surface area contributed by atoms with E-state index in [1.54, 1.807) is 24.3 Å². The highest BCUT2D eigenvalue weighted by atomic mass is 32.2. The van der Waals surface area contributed by atoms with Gasteiger partial charge in [0.1, 0.15) is 11.6 Å². The average molecular weight is 361 g/mol. The minimum Gasteiger partial charge on any atom is -0.330 e. The van der Waals surface area contributed by atoms with Gasteiger partial charge in [-0.2, -0.15) is 0 Å². The molecule has 2 aromatic carbocycles. The van der Waals surface area contributed by atoms with Crippen LogP contribution in [-0.2, 0) is 5.75 Å². The molecular weight excluding hydrogens is 348 g/mol. The summed E-state index contributed by atoms with van der Waals surface area (Å²) in [5.41, 5.74) is 2.43. The van der Waals surface area contributed by atoms with Gasteiger partial charge in [0.15, 0.2) is 4.34 Å². The Balaban J connectivity index is 1.58. The number of benzene rings is 2. The Morgan fingerprint density at radius 1 is 1.00 bits per heavy atom. The molecule has 0 aliphatic rings. The van der Waals surface area contributed by atoms with Crippen molar-refractivity contribution in [2.24, 2.45) is 0 Å². The molecule has 0 saturated heterocycles. The predicted octanol–water partition coefficient (Wildman–Crippen LogP) is 5.19. The van der Waals surface area contributed by atoms with Crippen LogP contribution < -0.4 is 5.32 Å². The summed E-state index contributed by atoms with van der Waals surface area (Å²) in [5.74, 6) is 0.154. The molecule has 1 aromatic heterocycles. The van der Waals surface area contributed by atoms with Crippen molar-refractivity contribution in [1.82, 2.24) is 10.2 Å². The summed E-state index contributed by atoms with van der Waals surface area (Å²) in [4.78, 5) is 0. The van der Waals surface area contributed by atoms with Crippen molar-refractivity contribution in [1.29, 1.82) is 0 Å². The van der Waals surface area contributed by atoms with Gasteiger partial charge in [-0.15, -0.1) is 10.2 Å². The third-order valence-electron chi connectivity index (χ3n) is 3.13. The first-order chi connectivity index (χ1) is 11.6.